The van der Waals surface area contributed by atoms with Crippen LogP contribution in [0.4, 0.5) is 4.39 Å². The third-order valence-corrected chi connectivity index (χ3v) is 6.10. The Morgan fingerprint density at radius 3 is 2.61 bits per heavy atom. The molecule has 160 valence electrons. The van der Waals surface area contributed by atoms with Gasteiger partial charge in [0.2, 0.25) is 6.79 Å². The predicted octanol–water partition coefficient (Wildman–Crippen LogP) is 4.37. The molecule has 31 heavy (non-hydrogen) atoms. The highest BCUT2D eigenvalue weighted by molar-refractivity contribution is 5.94. The van der Waals surface area contributed by atoms with Crippen molar-refractivity contribution < 1.29 is 18.7 Å². The van der Waals surface area contributed by atoms with E-state index in [0.717, 1.165) is 37.5 Å². The molecule has 0 unspecified atom stereocenters. The molecule has 6 nitrogen and oxygen atoms in total. The Balaban J connectivity index is 1.51. The van der Waals surface area contributed by atoms with Gasteiger partial charge in [0, 0.05) is 28.6 Å². The summed E-state index contributed by atoms with van der Waals surface area (Å²) in [6.45, 7) is 0.320. The fourth-order valence-corrected chi connectivity index (χ4v) is 4.49. The maximum Gasteiger partial charge on any atom is 0.254 e. The number of amides is 1. The summed E-state index contributed by atoms with van der Waals surface area (Å²) in [5.74, 6) is 0.525. The van der Waals surface area contributed by atoms with Gasteiger partial charge >= 0.3 is 0 Å². The summed E-state index contributed by atoms with van der Waals surface area (Å²) in [7, 11) is 0. The minimum Gasteiger partial charge on any atom is -0.454 e. The van der Waals surface area contributed by atoms with Gasteiger partial charge < -0.3 is 19.4 Å². The molecule has 1 fully saturated rings. The van der Waals surface area contributed by atoms with E-state index in [9.17, 15) is 14.0 Å². The normalized spacial score (nSPS) is 15.9. The molecule has 0 atom stereocenters. The standard InChI is InChI=1S/C24H23FN2O4/c25-18-6-4-5-15(10-18)24(29)27(19-7-2-1-3-8-19)13-17-9-16-11-21-22(31-14-30-21)12-20(16)26-23(17)28/h4-6,9-12,19H,1-3,7-8,13-14H2,(H,26,28). The van der Waals surface area contributed by atoms with Crippen molar-refractivity contribution in [2.45, 2.75) is 44.7 Å². The van der Waals surface area contributed by atoms with Crippen LogP contribution < -0.4 is 15.0 Å². The maximum atomic E-state index is 13.8. The van der Waals surface area contributed by atoms with Crippen LogP contribution >= 0.6 is 0 Å². The molecule has 2 aromatic carbocycles. The number of rotatable bonds is 4. The quantitative estimate of drug-likeness (QED) is 0.678. The Bertz CT molecular complexity index is 1200. The average molecular weight is 422 g/mol. The number of aromatic amines is 1. The van der Waals surface area contributed by atoms with E-state index in [0.29, 0.717) is 28.1 Å². The summed E-state index contributed by atoms with van der Waals surface area (Å²) < 4.78 is 24.6. The molecule has 0 spiro atoms. The van der Waals surface area contributed by atoms with Crippen molar-refractivity contribution in [3.63, 3.8) is 0 Å². The first-order valence-corrected chi connectivity index (χ1v) is 10.6. The molecule has 2 aliphatic rings. The monoisotopic (exact) mass is 422 g/mol. The van der Waals surface area contributed by atoms with E-state index in [4.69, 9.17) is 9.47 Å². The number of hydrogen-bond donors (Lipinski definition) is 1. The fourth-order valence-electron chi connectivity index (χ4n) is 4.49. The Labute approximate surface area is 178 Å². The van der Waals surface area contributed by atoms with Crippen molar-refractivity contribution in [1.29, 1.82) is 0 Å². The van der Waals surface area contributed by atoms with Crippen LogP contribution in [0.3, 0.4) is 0 Å². The number of nitrogens with zero attached hydrogens (tertiary/aromatic N) is 1. The number of aromatic nitrogens is 1. The van der Waals surface area contributed by atoms with E-state index in [1.807, 2.05) is 6.07 Å². The first-order valence-electron chi connectivity index (χ1n) is 10.6. The molecule has 7 heteroatoms. The van der Waals surface area contributed by atoms with Gasteiger partial charge in [0.15, 0.2) is 11.5 Å². The number of benzene rings is 2. The molecule has 3 aromatic rings. The SMILES string of the molecule is O=C(c1cccc(F)c1)N(Cc1cc2cc3c(cc2[nH]c1=O)OCO3)C1CCCCC1. The van der Waals surface area contributed by atoms with Crippen LogP contribution in [0.2, 0.25) is 0 Å². The zero-order chi connectivity index (χ0) is 21.4. The first-order chi connectivity index (χ1) is 15.1. The van der Waals surface area contributed by atoms with Gasteiger partial charge in [-0.3, -0.25) is 9.59 Å². The second-order valence-corrected chi connectivity index (χ2v) is 8.15. The van der Waals surface area contributed by atoms with Crippen LogP contribution in [-0.4, -0.2) is 28.6 Å². The molecule has 1 aliphatic heterocycles. The molecule has 0 bridgehead atoms. The van der Waals surface area contributed by atoms with E-state index in [-0.39, 0.29) is 30.8 Å². The van der Waals surface area contributed by atoms with Gasteiger partial charge in [0.1, 0.15) is 5.82 Å². The van der Waals surface area contributed by atoms with Crippen LogP contribution in [-0.2, 0) is 6.54 Å². The minimum absolute atomic E-state index is 0.0244. The topological polar surface area (TPSA) is 71.6 Å². The molecular weight excluding hydrogens is 399 g/mol. The van der Waals surface area contributed by atoms with Crippen LogP contribution in [0.1, 0.15) is 48.0 Å². The largest absolute Gasteiger partial charge is 0.454 e. The van der Waals surface area contributed by atoms with Gasteiger partial charge in [-0.05, 0) is 43.2 Å². The molecule has 1 N–H and O–H groups in total. The van der Waals surface area contributed by atoms with Crippen LogP contribution in [0.15, 0.2) is 47.3 Å². The highest BCUT2D eigenvalue weighted by Gasteiger charge is 2.27. The Kier molecular flexibility index (Phi) is 5.10. The maximum absolute atomic E-state index is 13.8. The number of carbonyl (C=O) groups is 1. The zero-order valence-electron chi connectivity index (χ0n) is 17.0. The van der Waals surface area contributed by atoms with Gasteiger partial charge in [-0.25, -0.2) is 4.39 Å². The van der Waals surface area contributed by atoms with E-state index in [2.05, 4.69) is 4.98 Å². The molecule has 2 heterocycles. The van der Waals surface area contributed by atoms with Crippen LogP contribution in [0, 0.1) is 5.82 Å². The van der Waals surface area contributed by atoms with Gasteiger partial charge in [-0.15, -0.1) is 0 Å². The summed E-state index contributed by atoms with van der Waals surface area (Å²) in [5.41, 5.74) is 1.19. The van der Waals surface area contributed by atoms with E-state index >= 15 is 0 Å². The number of ether oxygens (including phenoxy) is 2. The highest BCUT2D eigenvalue weighted by Crippen LogP contribution is 2.35. The van der Waals surface area contributed by atoms with E-state index in [1.54, 1.807) is 23.1 Å². The van der Waals surface area contributed by atoms with Crippen molar-refractivity contribution in [1.82, 2.24) is 9.88 Å². The van der Waals surface area contributed by atoms with E-state index < -0.39 is 5.82 Å². The lowest BCUT2D eigenvalue weighted by atomic mass is 9.93. The number of fused-ring (bicyclic) bond motifs is 2. The summed E-state index contributed by atoms with van der Waals surface area (Å²) in [5, 5.41) is 0.806. The third-order valence-electron chi connectivity index (χ3n) is 6.10. The predicted molar refractivity (Wildman–Crippen MR) is 114 cm³/mol. The van der Waals surface area contributed by atoms with Gasteiger partial charge in [-0.1, -0.05) is 25.3 Å². The van der Waals surface area contributed by atoms with Crippen molar-refractivity contribution >= 4 is 16.8 Å². The van der Waals surface area contributed by atoms with Gasteiger partial charge in [0.25, 0.3) is 11.5 Å². The Morgan fingerprint density at radius 1 is 1.06 bits per heavy atom. The Hall–Kier alpha value is -3.35. The van der Waals surface area contributed by atoms with Crippen molar-refractivity contribution in [3.05, 3.63) is 69.8 Å². The lowest BCUT2D eigenvalue weighted by Gasteiger charge is -2.34. The number of halogens is 1. The Morgan fingerprint density at radius 2 is 1.84 bits per heavy atom. The van der Waals surface area contributed by atoms with Gasteiger partial charge in [-0.2, -0.15) is 0 Å². The number of nitrogens with one attached hydrogen (secondary N) is 1. The molecule has 1 aliphatic carbocycles. The van der Waals surface area contributed by atoms with Crippen LogP contribution in [0.25, 0.3) is 10.9 Å². The molecule has 1 aromatic heterocycles. The molecule has 0 saturated heterocycles. The molecule has 0 radical (unpaired) electrons. The lowest BCUT2D eigenvalue weighted by Crippen LogP contribution is -2.42. The summed E-state index contributed by atoms with van der Waals surface area (Å²) >= 11 is 0. The average Bonchev–Trinajstić information content (AvgIpc) is 3.23. The number of pyridine rings is 1. The van der Waals surface area contributed by atoms with Crippen molar-refractivity contribution in [3.8, 4) is 11.5 Å². The zero-order valence-corrected chi connectivity index (χ0v) is 17.0. The number of H-pyrrole nitrogens is 1. The first kappa shape index (κ1) is 19.6. The lowest BCUT2D eigenvalue weighted by molar-refractivity contribution is 0.0613. The van der Waals surface area contributed by atoms with Crippen molar-refractivity contribution in [2.75, 3.05) is 6.79 Å². The highest BCUT2D eigenvalue weighted by atomic mass is 19.1. The summed E-state index contributed by atoms with van der Waals surface area (Å²) in [6.07, 6.45) is 4.98. The van der Waals surface area contributed by atoms with Crippen LogP contribution in [0.5, 0.6) is 11.5 Å². The smallest absolute Gasteiger partial charge is 0.254 e. The molecule has 5 rings (SSSR count). The number of carbonyl (C=O) groups excluding carboxylic acids is 1. The summed E-state index contributed by atoms with van der Waals surface area (Å²) in [4.78, 5) is 30.8. The van der Waals surface area contributed by atoms with Gasteiger partial charge in [0.05, 0.1) is 12.1 Å². The summed E-state index contributed by atoms with van der Waals surface area (Å²) in [6, 6.07) is 11.1. The second kappa shape index (κ2) is 8.06. The molecule has 1 amide bonds. The number of hydrogen-bond acceptors (Lipinski definition) is 4. The van der Waals surface area contributed by atoms with Crippen molar-refractivity contribution in [2.24, 2.45) is 0 Å². The minimum atomic E-state index is -0.450. The van der Waals surface area contributed by atoms with E-state index in [1.165, 1.54) is 18.2 Å². The fraction of sp³-hybridized carbons (Fsp3) is 0.333. The third kappa shape index (κ3) is 3.87. The molecular formula is C24H23FN2O4. The molecule has 1 saturated carbocycles. The second-order valence-electron chi connectivity index (χ2n) is 8.15.